The Morgan fingerprint density at radius 1 is 0.678 bits per heavy atom. The summed E-state index contributed by atoms with van der Waals surface area (Å²) in [6.45, 7) is 9.01. The quantitative estimate of drug-likeness (QED) is 0.116. The number of hydrogen-bond acceptors (Lipinski definition) is 8. The third-order valence-corrected chi connectivity index (χ3v) is 13.0. The molecule has 1 spiro atoms. The van der Waals surface area contributed by atoms with Gasteiger partial charge in [-0.05, 0) is 89.9 Å². The molecule has 4 fully saturated rings. The van der Waals surface area contributed by atoms with Gasteiger partial charge in [-0.3, -0.25) is 9.59 Å². The van der Waals surface area contributed by atoms with E-state index in [1.54, 1.807) is 0 Å². The number of nitrogens with zero attached hydrogens (tertiary/aromatic N) is 4. The van der Waals surface area contributed by atoms with Crippen molar-refractivity contribution in [1.82, 2.24) is 40.4 Å². The second-order valence-electron chi connectivity index (χ2n) is 17.8. The zero-order valence-corrected chi connectivity index (χ0v) is 34.8. The van der Waals surface area contributed by atoms with Crippen molar-refractivity contribution >= 4 is 24.0 Å². The van der Waals surface area contributed by atoms with Gasteiger partial charge in [0.1, 0.15) is 23.7 Å². The number of methoxy groups -OCH3 is 2. The van der Waals surface area contributed by atoms with Gasteiger partial charge in [0.15, 0.2) is 0 Å². The van der Waals surface area contributed by atoms with Crippen LogP contribution in [0.4, 0.5) is 9.59 Å². The maximum absolute atomic E-state index is 13.9. The third kappa shape index (κ3) is 8.31. The summed E-state index contributed by atoms with van der Waals surface area (Å²) in [6, 6.07) is 14.9. The van der Waals surface area contributed by atoms with Gasteiger partial charge in [0.05, 0.1) is 50.1 Å². The number of likely N-dealkylation sites (tertiary alicyclic amines) is 2. The first kappa shape index (κ1) is 40.1. The fraction of sp³-hybridized carbons (Fsp3) is 0.511. The number of ether oxygens (including phenoxy) is 2. The van der Waals surface area contributed by atoms with Crippen LogP contribution in [0.5, 0.6) is 0 Å². The summed E-state index contributed by atoms with van der Waals surface area (Å²) >= 11 is 0. The Bertz CT molecular complexity index is 2170. The molecule has 0 bridgehead atoms. The molecule has 5 atom stereocenters. The van der Waals surface area contributed by atoms with E-state index in [4.69, 9.17) is 19.4 Å². The number of hydrogen-bond donors (Lipinski definition) is 4. The molecule has 14 nitrogen and oxygen atoms in total. The largest absolute Gasteiger partial charge is 0.453 e. The highest BCUT2D eigenvalue weighted by Gasteiger charge is 2.55. The van der Waals surface area contributed by atoms with E-state index < -0.39 is 24.3 Å². The van der Waals surface area contributed by atoms with Crippen molar-refractivity contribution in [2.45, 2.75) is 90.4 Å². The Hall–Kier alpha value is -5.66. The standard InChI is InChI=1S/C45H56N8O6/c1-25(2)37(50-43(56)58-5)41(54)52-23-32(29-7-8-29)19-35(52)39-46-21-33(48-39)30-13-9-27(10-14-30)28-11-15-31(16-12-28)34-22-47-40(49-34)36-20-45(17-18-45)24-53(36)42(55)38(26(3)4)51-44(57)59-6/h9-16,21-22,25-26,29,32,35-38H,7-8,17-20,23-24H2,1-6H3,(H,46,48)(H,47,49)(H,50,56)(H,51,57)/t32-,35-,36-,37-,38-/m0/s1. The molecular formula is C45H56N8O6. The van der Waals surface area contributed by atoms with Crippen LogP contribution >= 0.6 is 0 Å². The summed E-state index contributed by atoms with van der Waals surface area (Å²) in [5, 5.41) is 5.50. The smallest absolute Gasteiger partial charge is 0.407 e. The minimum atomic E-state index is -0.687. The average Bonchev–Trinajstić information content (AvgIpc) is 3.93. The summed E-state index contributed by atoms with van der Waals surface area (Å²) in [7, 11) is 2.61. The number of carbonyl (C=O) groups excluding carboxylic acids is 4. The van der Waals surface area contributed by atoms with Gasteiger partial charge in [0.25, 0.3) is 0 Å². The van der Waals surface area contributed by atoms with E-state index in [1.165, 1.54) is 27.1 Å². The maximum Gasteiger partial charge on any atom is 0.407 e. The number of nitrogens with one attached hydrogen (secondary N) is 4. The van der Waals surface area contributed by atoms with E-state index in [2.05, 4.69) is 69.1 Å². The highest BCUT2D eigenvalue weighted by Crippen LogP contribution is 2.58. The Labute approximate surface area is 345 Å². The monoisotopic (exact) mass is 804 g/mol. The lowest BCUT2D eigenvalue weighted by atomic mass is 10.00. The van der Waals surface area contributed by atoms with Crippen molar-refractivity contribution in [2.24, 2.45) is 29.1 Å². The first-order valence-electron chi connectivity index (χ1n) is 21.0. The molecule has 2 aromatic carbocycles. The molecule has 2 saturated carbocycles. The van der Waals surface area contributed by atoms with Crippen molar-refractivity contribution in [1.29, 1.82) is 0 Å². The van der Waals surface area contributed by atoms with E-state index in [9.17, 15) is 19.2 Å². The molecule has 0 unspecified atom stereocenters. The lowest BCUT2D eigenvalue weighted by Gasteiger charge is -2.30. The molecule has 4 aliphatic rings. The second kappa shape index (κ2) is 16.2. The van der Waals surface area contributed by atoms with Crippen LogP contribution in [0, 0.1) is 29.1 Å². The van der Waals surface area contributed by atoms with Crippen LogP contribution in [-0.4, -0.2) is 93.1 Å². The van der Waals surface area contributed by atoms with Gasteiger partial charge in [-0.25, -0.2) is 19.6 Å². The highest BCUT2D eigenvalue weighted by atomic mass is 16.5. The maximum atomic E-state index is 13.9. The minimum Gasteiger partial charge on any atom is -0.453 e. The molecule has 0 radical (unpaired) electrons. The molecule has 2 aliphatic carbocycles. The number of aromatic amines is 2. The van der Waals surface area contributed by atoms with Crippen molar-refractivity contribution in [3.63, 3.8) is 0 Å². The van der Waals surface area contributed by atoms with Gasteiger partial charge in [-0.2, -0.15) is 0 Å². The topological polar surface area (TPSA) is 175 Å². The molecule has 312 valence electrons. The van der Waals surface area contributed by atoms with Crippen LogP contribution in [0.15, 0.2) is 60.9 Å². The van der Waals surface area contributed by atoms with Crippen LogP contribution in [-0.2, 0) is 19.1 Å². The Morgan fingerprint density at radius 2 is 1.14 bits per heavy atom. The number of rotatable bonds is 12. The summed E-state index contributed by atoms with van der Waals surface area (Å²) in [6.07, 6.45) is 8.69. The predicted molar refractivity (Wildman–Crippen MR) is 221 cm³/mol. The SMILES string of the molecule is COC(=O)N[C@H](C(=O)N1C[C@@H](C2CC2)C[C@H]1c1ncc(-c2ccc(-c3ccc(-c4cnc([C@@H]5CC6(CC6)CN5C(=O)[C@@H](NC(=O)OC)C(C)C)[nH]4)cc3)cc2)[nH]1)C(C)C. The Balaban J connectivity index is 0.946. The fourth-order valence-electron chi connectivity index (χ4n) is 9.10. The van der Waals surface area contributed by atoms with E-state index in [-0.39, 0.29) is 41.1 Å². The molecule has 8 rings (SSSR count). The zero-order chi connectivity index (χ0) is 41.6. The van der Waals surface area contributed by atoms with Gasteiger partial charge in [-0.1, -0.05) is 76.2 Å². The van der Waals surface area contributed by atoms with Crippen LogP contribution in [0.25, 0.3) is 33.6 Å². The van der Waals surface area contributed by atoms with Crippen molar-refractivity contribution < 1.29 is 28.7 Å². The van der Waals surface area contributed by atoms with Crippen molar-refractivity contribution in [2.75, 3.05) is 27.3 Å². The van der Waals surface area contributed by atoms with Gasteiger partial charge in [0.2, 0.25) is 11.8 Å². The van der Waals surface area contributed by atoms with Gasteiger partial charge >= 0.3 is 12.2 Å². The zero-order valence-electron chi connectivity index (χ0n) is 34.8. The first-order chi connectivity index (χ1) is 28.4. The number of carbonyl (C=O) groups is 4. The molecule has 4 aromatic rings. The lowest BCUT2D eigenvalue weighted by molar-refractivity contribution is -0.136. The molecule has 2 aromatic heterocycles. The highest BCUT2D eigenvalue weighted by molar-refractivity contribution is 5.87. The number of alkyl carbamates (subject to hydrolysis) is 2. The second-order valence-corrected chi connectivity index (χ2v) is 17.8. The van der Waals surface area contributed by atoms with Crippen molar-refractivity contribution in [3.05, 3.63) is 72.6 Å². The number of amides is 4. The van der Waals surface area contributed by atoms with Crippen molar-refractivity contribution in [3.8, 4) is 33.6 Å². The molecule has 4 amide bonds. The molecular weight excluding hydrogens is 749 g/mol. The Morgan fingerprint density at radius 3 is 1.58 bits per heavy atom. The first-order valence-corrected chi connectivity index (χ1v) is 21.0. The van der Waals surface area contributed by atoms with Gasteiger partial charge < -0.3 is 39.9 Å². The molecule has 59 heavy (non-hydrogen) atoms. The van der Waals surface area contributed by atoms with E-state index in [1.807, 2.05) is 49.9 Å². The predicted octanol–water partition coefficient (Wildman–Crippen LogP) is 7.25. The molecule has 2 saturated heterocycles. The molecule has 4 N–H and O–H groups in total. The number of aromatic nitrogens is 4. The van der Waals surface area contributed by atoms with E-state index in [0.717, 1.165) is 71.0 Å². The summed E-state index contributed by atoms with van der Waals surface area (Å²) in [4.78, 5) is 72.4. The summed E-state index contributed by atoms with van der Waals surface area (Å²) in [5.41, 5.74) is 5.99. The Kier molecular flexibility index (Phi) is 11.0. The van der Waals surface area contributed by atoms with Crippen LogP contribution in [0.3, 0.4) is 0 Å². The molecule has 2 aliphatic heterocycles. The number of benzene rings is 2. The van der Waals surface area contributed by atoms with Crippen LogP contribution in [0.1, 0.15) is 90.0 Å². The van der Waals surface area contributed by atoms with E-state index >= 15 is 0 Å². The van der Waals surface area contributed by atoms with Crippen LogP contribution in [0.2, 0.25) is 0 Å². The third-order valence-electron chi connectivity index (χ3n) is 13.0. The summed E-state index contributed by atoms with van der Waals surface area (Å²) in [5.74, 6) is 2.13. The lowest BCUT2D eigenvalue weighted by Crippen LogP contribution is -2.51. The average molecular weight is 805 g/mol. The van der Waals surface area contributed by atoms with E-state index in [0.29, 0.717) is 24.9 Å². The number of imidazole rings is 2. The summed E-state index contributed by atoms with van der Waals surface area (Å²) < 4.78 is 9.64. The molecule has 4 heterocycles. The number of H-pyrrole nitrogens is 2. The minimum absolute atomic E-state index is 0.104. The fourth-order valence-corrected chi connectivity index (χ4v) is 9.10. The normalized spacial score (nSPS) is 21.8. The van der Waals surface area contributed by atoms with Crippen LogP contribution < -0.4 is 10.6 Å². The van der Waals surface area contributed by atoms with Gasteiger partial charge in [0, 0.05) is 13.1 Å². The molecule has 14 heteroatoms. The van der Waals surface area contributed by atoms with Gasteiger partial charge in [-0.15, -0.1) is 0 Å².